The Bertz CT molecular complexity index is 301. The van der Waals surface area contributed by atoms with Crippen molar-refractivity contribution >= 4 is 5.97 Å². The van der Waals surface area contributed by atoms with Gasteiger partial charge in [0, 0.05) is 12.0 Å². The van der Waals surface area contributed by atoms with Crippen molar-refractivity contribution in [3.8, 4) is 0 Å². The average molecular weight is 256 g/mol. The van der Waals surface area contributed by atoms with E-state index in [9.17, 15) is 4.79 Å². The third kappa shape index (κ3) is 4.42. The third-order valence-corrected chi connectivity index (χ3v) is 3.33. The molecule has 1 saturated heterocycles. The predicted octanol–water partition coefficient (Wildman–Crippen LogP) is 2.53. The van der Waals surface area contributed by atoms with Crippen LogP contribution in [0.2, 0.25) is 0 Å². The van der Waals surface area contributed by atoms with Crippen molar-refractivity contribution in [3.63, 3.8) is 0 Å². The summed E-state index contributed by atoms with van der Waals surface area (Å²) in [6.45, 7) is 13.3. The first-order valence-electron chi connectivity index (χ1n) is 6.28. The maximum Gasteiger partial charge on any atom is 0.330 e. The third-order valence-electron chi connectivity index (χ3n) is 3.33. The summed E-state index contributed by atoms with van der Waals surface area (Å²) in [5.74, 6) is -0.0695. The average Bonchev–Trinajstić information content (AvgIpc) is 2.28. The zero-order chi connectivity index (χ0) is 13.8. The van der Waals surface area contributed by atoms with Gasteiger partial charge in [-0.1, -0.05) is 20.4 Å². The number of hydrogen-bond donors (Lipinski definition) is 0. The van der Waals surface area contributed by atoms with Crippen molar-refractivity contribution < 1.29 is 19.0 Å². The van der Waals surface area contributed by atoms with Gasteiger partial charge in [-0.2, -0.15) is 0 Å². The van der Waals surface area contributed by atoms with E-state index in [1.165, 1.54) is 6.08 Å². The monoisotopic (exact) mass is 256 g/mol. The molecule has 0 aromatic carbocycles. The molecular weight excluding hydrogens is 232 g/mol. The lowest BCUT2D eigenvalue weighted by atomic mass is 9.72. The number of carbonyl (C=O) groups excluding carboxylic acids is 1. The van der Waals surface area contributed by atoms with Crippen LogP contribution in [0.1, 0.15) is 34.1 Å². The molecule has 0 aliphatic carbocycles. The lowest BCUT2D eigenvalue weighted by Crippen LogP contribution is -2.42. The zero-order valence-electron chi connectivity index (χ0n) is 11.8. The Morgan fingerprint density at radius 2 is 1.89 bits per heavy atom. The number of carbonyl (C=O) groups is 1. The van der Waals surface area contributed by atoms with Crippen LogP contribution >= 0.6 is 0 Å². The largest absolute Gasteiger partial charge is 0.457 e. The highest BCUT2D eigenvalue weighted by Crippen LogP contribution is 2.38. The van der Waals surface area contributed by atoms with E-state index in [1.807, 2.05) is 13.8 Å². The van der Waals surface area contributed by atoms with Crippen LogP contribution < -0.4 is 0 Å². The Balaban J connectivity index is 2.61. The molecule has 0 unspecified atom stereocenters. The van der Waals surface area contributed by atoms with Crippen molar-refractivity contribution in [1.82, 2.24) is 0 Å². The highest BCUT2D eigenvalue weighted by Gasteiger charge is 2.38. The first-order valence-corrected chi connectivity index (χ1v) is 6.28. The number of hydrogen-bond acceptors (Lipinski definition) is 4. The number of rotatable bonds is 5. The van der Waals surface area contributed by atoms with Crippen LogP contribution in [-0.4, -0.2) is 31.6 Å². The van der Waals surface area contributed by atoms with Gasteiger partial charge in [-0.3, -0.25) is 0 Å². The molecule has 1 heterocycles. The van der Waals surface area contributed by atoms with Crippen LogP contribution in [0.5, 0.6) is 0 Å². The lowest BCUT2D eigenvalue weighted by molar-refractivity contribution is -0.166. The molecule has 4 heteroatoms. The van der Waals surface area contributed by atoms with E-state index in [-0.39, 0.29) is 11.4 Å². The second-order valence-electron chi connectivity index (χ2n) is 6.11. The molecule has 0 radical (unpaired) electrons. The van der Waals surface area contributed by atoms with Crippen molar-refractivity contribution in [2.75, 3.05) is 20.0 Å². The molecule has 18 heavy (non-hydrogen) atoms. The minimum absolute atomic E-state index is 0.0225. The molecule has 1 aliphatic heterocycles. The van der Waals surface area contributed by atoms with Crippen molar-refractivity contribution in [3.05, 3.63) is 12.7 Å². The molecule has 1 aliphatic rings. The Labute approximate surface area is 109 Å². The Kier molecular flexibility index (Phi) is 4.93. The Morgan fingerprint density at radius 1 is 1.33 bits per heavy atom. The summed E-state index contributed by atoms with van der Waals surface area (Å²) in [5, 5.41) is 0. The van der Waals surface area contributed by atoms with Crippen molar-refractivity contribution in [1.29, 1.82) is 0 Å². The predicted molar refractivity (Wildman–Crippen MR) is 69.0 cm³/mol. The Hall–Kier alpha value is -0.870. The SMILES string of the molecule is C=CC(=O)OC(C)(C)CC(C)(C)C1COCOC1. The fraction of sp³-hybridized carbons (Fsp3) is 0.786. The van der Waals surface area contributed by atoms with Gasteiger partial charge in [0.25, 0.3) is 0 Å². The van der Waals surface area contributed by atoms with Crippen LogP contribution in [0, 0.1) is 11.3 Å². The zero-order valence-corrected chi connectivity index (χ0v) is 11.8. The van der Waals surface area contributed by atoms with Crippen molar-refractivity contribution in [2.45, 2.75) is 39.7 Å². The summed E-state index contributed by atoms with van der Waals surface area (Å²) in [6.07, 6.45) is 1.94. The van der Waals surface area contributed by atoms with Gasteiger partial charge < -0.3 is 14.2 Å². The molecule has 1 rings (SSSR count). The smallest absolute Gasteiger partial charge is 0.330 e. The maximum atomic E-state index is 11.3. The molecule has 0 N–H and O–H groups in total. The van der Waals surface area contributed by atoms with Gasteiger partial charge in [-0.15, -0.1) is 0 Å². The minimum Gasteiger partial charge on any atom is -0.457 e. The molecule has 1 fully saturated rings. The molecule has 0 spiro atoms. The molecule has 0 saturated carbocycles. The van der Waals surface area contributed by atoms with Gasteiger partial charge in [-0.25, -0.2) is 4.79 Å². The van der Waals surface area contributed by atoms with Gasteiger partial charge in [0.15, 0.2) is 0 Å². The Morgan fingerprint density at radius 3 is 2.39 bits per heavy atom. The van der Waals surface area contributed by atoms with E-state index in [2.05, 4.69) is 20.4 Å². The van der Waals surface area contributed by atoms with Gasteiger partial charge in [-0.05, 0) is 25.7 Å². The van der Waals surface area contributed by atoms with Crippen LogP contribution in [0.15, 0.2) is 12.7 Å². The molecule has 4 nitrogen and oxygen atoms in total. The molecule has 0 bridgehead atoms. The highest BCUT2D eigenvalue weighted by molar-refractivity contribution is 5.81. The van der Waals surface area contributed by atoms with Crippen LogP contribution in [0.25, 0.3) is 0 Å². The first-order chi connectivity index (χ1) is 8.27. The van der Waals surface area contributed by atoms with Gasteiger partial charge in [0.05, 0.1) is 13.2 Å². The van der Waals surface area contributed by atoms with Crippen LogP contribution in [0.4, 0.5) is 0 Å². The second-order valence-corrected chi connectivity index (χ2v) is 6.11. The molecular formula is C14H24O4. The van der Waals surface area contributed by atoms with Gasteiger partial charge in [0.2, 0.25) is 0 Å². The van der Waals surface area contributed by atoms with Gasteiger partial charge >= 0.3 is 5.97 Å². The van der Waals surface area contributed by atoms with E-state index >= 15 is 0 Å². The fourth-order valence-corrected chi connectivity index (χ4v) is 2.53. The summed E-state index contributed by atoms with van der Waals surface area (Å²) in [5.41, 5.74) is -0.544. The summed E-state index contributed by atoms with van der Waals surface area (Å²) in [4.78, 5) is 11.3. The topological polar surface area (TPSA) is 44.8 Å². The highest BCUT2D eigenvalue weighted by atomic mass is 16.7. The summed E-state index contributed by atoms with van der Waals surface area (Å²) in [7, 11) is 0. The standard InChI is InChI=1S/C14H24O4/c1-6-12(15)18-14(4,5)9-13(2,3)11-7-16-10-17-8-11/h6,11H,1,7-10H2,2-5H3. The van der Waals surface area contributed by atoms with E-state index in [0.29, 0.717) is 25.9 Å². The minimum atomic E-state index is -0.522. The number of ether oxygens (including phenoxy) is 3. The second kappa shape index (κ2) is 5.85. The van der Waals surface area contributed by atoms with E-state index in [4.69, 9.17) is 14.2 Å². The van der Waals surface area contributed by atoms with Crippen molar-refractivity contribution in [2.24, 2.45) is 11.3 Å². The summed E-state index contributed by atoms with van der Waals surface area (Å²) in [6, 6.07) is 0. The maximum absolute atomic E-state index is 11.3. The van der Waals surface area contributed by atoms with E-state index in [1.54, 1.807) is 0 Å². The molecule has 0 aromatic heterocycles. The van der Waals surface area contributed by atoms with Gasteiger partial charge in [0.1, 0.15) is 12.4 Å². The normalized spacial score (nSPS) is 18.4. The molecule has 0 aromatic rings. The van der Waals surface area contributed by atoms with Crippen LogP contribution in [-0.2, 0) is 19.0 Å². The van der Waals surface area contributed by atoms with E-state index in [0.717, 1.165) is 6.42 Å². The number of esters is 1. The first kappa shape index (κ1) is 15.2. The molecule has 104 valence electrons. The van der Waals surface area contributed by atoms with E-state index < -0.39 is 5.60 Å². The quantitative estimate of drug-likeness (QED) is 0.560. The molecule has 0 atom stereocenters. The lowest BCUT2D eigenvalue weighted by Gasteiger charge is -2.41. The summed E-state index contributed by atoms with van der Waals surface area (Å²) >= 11 is 0. The summed E-state index contributed by atoms with van der Waals surface area (Å²) < 4.78 is 16.1. The molecule has 0 amide bonds. The fourth-order valence-electron chi connectivity index (χ4n) is 2.53. The van der Waals surface area contributed by atoms with Crippen LogP contribution in [0.3, 0.4) is 0 Å².